The van der Waals surface area contributed by atoms with Crippen LogP contribution in [0.3, 0.4) is 0 Å². The number of hydrogen-bond acceptors (Lipinski definition) is 7. The number of sulfone groups is 1. The van der Waals surface area contributed by atoms with Crippen molar-refractivity contribution in [1.29, 1.82) is 0 Å². The summed E-state index contributed by atoms with van der Waals surface area (Å²) in [6, 6.07) is 0. The molecule has 1 aromatic heterocycles. The average Bonchev–Trinajstić information content (AvgIpc) is 3.06. The van der Waals surface area contributed by atoms with Crippen molar-refractivity contribution in [2.45, 2.75) is 69.1 Å². The van der Waals surface area contributed by atoms with Gasteiger partial charge in [-0.3, -0.25) is 9.59 Å². The van der Waals surface area contributed by atoms with E-state index in [1.807, 2.05) is 0 Å². The summed E-state index contributed by atoms with van der Waals surface area (Å²) in [7, 11) is -3.55. The molecule has 1 unspecified atom stereocenters. The first kappa shape index (κ1) is 27.5. The third-order valence-electron chi connectivity index (χ3n) is 4.37. The lowest BCUT2D eigenvalue weighted by Crippen LogP contribution is -2.12. The highest BCUT2D eigenvalue weighted by Crippen LogP contribution is 2.39. The van der Waals surface area contributed by atoms with Crippen molar-refractivity contribution >= 4 is 49.1 Å². The van der Waals surface area contributed by atoms with Gasteiger partial charge in [-0.25, -0.2) is 12.6 Å². The van der Waals surface area contributed by atoms with Gasteiger partial charge in [-0.2, -0.15) is 0 Å². The number of anilines is 1. The van der Waals surface area contributed by atoms with Crippen molar-refractivity contribution in [3.05, 3.63) is 5.38 Å². The molecule has 0 radical (unpaired) electrons. The molecule has 0 aromatic carbocycles. The molecule has 0 saturated heterocycles. The lowest BCUT2D eigenvalue weighted by Gasteiger charge is -2.10. The number of ether oxygens (including phenoxy) is 1. The van der Waals surface area contributed by atoms with E-state index in [-0.39, 0.29) is 36.0 Å². The zero-order valence-electron chi connectivity index (χ0n) is 17.6. The number of rotatable bonds is 17. The first-order valence-electron chi connectivity index (χ1n) is 10.1. The molecule has 0 aliphatic carbocycles. The Hall–Kier alpha value is -1.50. The number of hydrogen-bond donors (Lipinski definition) is 3. The molecule has 3 N–H and O–H groups in total. The van der Waals surface area contributed by atoms with E-state index in [1.165, 1.54) is 5.38 Å². The molecule has 12 heteroatoms. The van der Waals surface area contributed by atoms with E-state index in [4.69, 9.17) is 14.4 Å². The summed E-state index contributed by atoms with van der Waals surface area (Å²) < 4.78 is 48.7. The number of thiophene rings is 1. The first-order chi connectivity index (χ1) is 14.6. The largest absolute Gasteiger partial charge is 0.489 e. The van der Waals surface area contributed by atoms with Gasteiger partial charge in [-0.1, -0.05) is 32.1 Å². The van der Waals surface area contributed by atoms with Crippen LogP contribution in [0.25, 0.3) is 0 Å². The minimum atomic E-state index is -3.55. The molecule has 0 aliphatic rings. The monoisotopic (exact) mass is 497 g/mol. The highest BCUT2D eigenvalue weighted by molar-refractivity contribution is 7.91. The fraction of sp³-hybridized carbons (Fsp3) is 0.684. The molecule has 0 saturated carbocycles. The molecule has 1 heterocycles. The highest BCUT2D eigenvalue weighted by Gasteiger charge is 2.22. The second-order valence-electron chi connectivity index (χ2n) is 7.17. The van der Waals surface area contributed by atoms with E-state index in [0.29, 0.717) is 23.6 Å². The summed E-state index contributed by atoms with van der Waals surface area (Å²) in [4.78, 5) is 22.8. The maximum absolute atomic E-state index is 12.2. The quantitative estimate of drug-likeness (QED) is 0.218. The Morgan fingerprint density at radius 1 is 1.06 bits per heavy atom. The fourth-order valence-corrected chi connectivity index (χ4v) is 5.43. The van der Waals surface area contributed by atoms with Crippen LogP contribution in [0, 0.1) is 0 Å². The highest BCUT2D eigenvalue weighted by atomic mass is 32.2. The molecule has 178 valence electrons. The third-order valence-corrected chi connectivity index (χ3v) is 7.14. The number of carboxylic acids is 1. The Kier molecular flexibility index (Phi) is 12.9. The van der Waals surface area contributed by atoms with Crippen LogP contribution in [0.2, 0.25) is 0 Å². The molecule has 0 bridgehead atoms. The van der Waals surface area contributed by atoms with E-state index in [0.717, 1.165) is 56.1 Å². The Bertz CT molecular complexity index is 835. The van der Waals surface area contributed by atoms with Crippen LogP contribution in [-0.2, 0) is 30.5 Å². The van der Waals surface area contributed by atoms with Gasteiger partial charge in [-0.15, -0.1) is 11.3 Å². The van der Waals surface area contributed by atoms with E-state index in [1.54, 1.807) is 0 Å². The van der Waals surface area contributed by atoms with Crippen molar-refractivity contribution < 1.29 is 36.6 Å². The van der Waals surface area contributed by atoms with E-state index >= 15 is 0 Å². The lowest BCUT2D eigenvalue weighted by molar-refractivity contribution is -0.137. The number of carboxylic acid groups (broad SMARTS) is 1. The lowest BCUT2D eigenvalue weighted by atomic mass is 10.1. The summed E-state index contributed by atoms with van der Waals surface area (Å²) in [5.74, 6) is -0.819. The van der Waals surface area contributed by atoms with Crippen LogP contribution in [0.1, 0.15) is 64.2 Å². The molecule has 1 amide bonds. The van der Waals surface area contributed by atoms with Crippen LogP contribution in [0.15, 0.2) is 10.3 Å². The molecule has 0 spiro atoms. The average molecular weight is 498 g/mol. The number of carbonyl (C=O) groups excluding carboxylic acids is 1. The number of nitrogens with one attached hydrogen (secondary N) is 1. The van der Waals surface area contributed by atoms with Crippen LogP contribution in [-0.4, -0.2) is 52.8 Å². The summed E-state index contributed by atoms with van der Waals surface area (Å²) >= 11 is -0.657. The normalized spacial score (nSPS) is 12.5. The van der Waals surface area contributed by atoms with Crippen LogP contribution in [0.5, 0.6) is 5.75 Å². The minimum absolute atomic E-state index is 0.0202. The Labute approximate surface area is 189 Å². The van der Waals surface area contributed by atoms with Crippen molar-refractivity contribution in [3.63, 3.8) is 0 Å². The molecule has 31 heavy (non-hydrogen) atoms. The van der Waals surface area contributed by atoms with Crippen LogP contribution >= 0.6 is 11.3 Å². The van der Waals surface area contributed by atoms with Gasteiger partial charge in [0, 0.05) is 30.2 Å². The maximum Gasteiger partial charge on any atom is 0.303 e. The van der Waals surface area contributed by atoms with Gasteiger partial charge in [0.2, 0.25) is 5.91 Å². The summed E-state index contributed by atoms with van der Waals surface area (Å²) in [5, 5.41) is 13.1. The Morgan fingerprint density at radius 2 is 1.68 bits per heavy atom. The molecule has 1 rings (SSSR count). The smallest absolute Gasteiger partial charge is 0.303 e. The number of carbonyl (C=O) groups is 2. The summed E-state index contributed by atoms with van der Waals surface area (Å²) in [6.45, 7) is 0.0304. The van der Waals surface area contributed by atoms with Gasteiger partial charge < -0.3 is 19.7 Å². The predicted octanol–water partition coefficient (Wildman–Crippen LogP) is 3.68. The van der Waals surface area contributed by atoms with E-state index in [9.17, 15) is 22.2 Å². The molecule has 1 aromatic rings. The summed E-state index contributed by atoms with van der Waals surface area (Å²) in [5.41, 5.74) is 0. The number of unbranched alkanes of at least 4 members (excludes halogenated alkanes) is 6. The van der Waals surface area contributed by atoms with Crippen molar-refractivity contribution in [2.75, 3.05) is 23.9 Å². The van der Waals surface area contributed by atoms with Crippen molar-refractivity contribution in [1.82, 2.24) is 0 Å². The standard InChI is InChI=1S/C19H31NO8S3/c1-31(26,27)15-14-29-19(18(15)28-12-9-11-17(22)23)20-16(21)10-7-5-3-2-4-6-8-13-30(24)25/h14H,2-13H2,1H3,(H,20,21)(H,22,23)(H,24,25). The van der Waals surface area contributed by atoms with Gasteiger partial charge in [-0.05, 0) is 19.3 Å². The van der Waals surface area contributed by atoms with Crippen molar-refractivity contribution in [3.8, 4) is 5.75 Å². The first-order valence-corrected chi connectivity index (χ1v) is 14.2. The molecule has 0 fully saturated rings. The second kappa shape index (κ2) is 14.5. The van der Waals surface area contributed by atoms with Crippen LogP contribution < -0.4 is 10.1 Å². The predicted molar refractivity (Wildman–Crippen MR) is 121 cm³/mol. The van der Waals surface area contributed by atoms with Gasteiger partial charge in [0.1, 0.15) is 9.90 Å². The molecule has 0 aliphatic heterocycles. The molecule has 1 atom stereocenters. The van der Waals surface area contributed by atoms with E-state index < -0.39 is 26.9 Å². The number of aliphatic carboxylic acids is 1. The third kappa shape index (κ3) is 12.2. The number of amides is 1. The van der Waals surface area contributed by atoms with Gasteiger partial charge in [0.25, 0.3) is 0 Å². The maximum atomic E-state index is 12.2. The molecular weight excluding hydrogens is 466 g/mol. The zero-order chi connectivity index (χ0) is 23.3. The van der Waals surface area contributed by atoms with Gasteiger partial charge in [0.05, 0.1) is 6.61 Å². The topological polar surface area (TPSA) is 147 Å². The van der Waals surface area contributed by atoms with Gasteiger partial charge in [0.15, 0.2) is 26.7 Å². The van der Waals surface area contributed by atoms with Crippen molar-refractivity contribution in [2.24, 2.45) is 0 Å². The SMILES string of the molecule is CS(=O)(=O)c1csc(NC(=O)CCCCCCCCCS(=O)O)c1OCCCC(=O)O. The van der Waals surface area contributed by atoms with Crippen LogP contribution in [0.4, 0.5) is 5.00 Å². The Balaban J connectivity index is 2.43. The zero-order valence-corrected chi connectivity index (χ0v) is 20.1. The fourth-order valence-electron chi connectivity index (χ4n) is 2.79. The Morgan fingerprint density at radius 3 is 2.26 bits per heavy atom. The van der Waals surface area contributed by atoms with E-state index in [2.05, 4.69) is 5.32 Å². The summed E-state index contributed by atoms with van der Waals surface area (Å²) in [6.07, 6.45) is 7.70. The van der Waals surface area contributed by atoms with Gasteiger partial charge >= 0.3 is 5.97 Å². The minimum Gasteiger partial charge on any atom is -0.489 e. The molecule has 9 nitrogen and oxygen atoms in total. The molecular formula is C19H31NO8S3. The second-order valence-corrected chi connectivity index (χ2v) is 11.1.